The molecule has 1 heterocycles. The van der Waals surface area contributed by atoms with Crippen LogP contribution in [0.2, 0.25) is 0 Å². The Labute approximate surface area is 274 Å². The van der Waals surface area contributed by atoms with Crippen LogP contribution in [0.4, 0.5) is 4.39 Å². The molecule has 0 amide bonds. The molecule has 0 N–H and O–H groups in total. The molecule has 0 saturated carbocycles. The Morgan fingerprint density at radius 3 is 1.40 bits per heavy atom. The summed E-state index contributed by atoms with van der Waals surface area (Å²) in [4.78, 5) is 0. The number of hydrogen-bond acceptors (Lipinski definition) is 3. The molecular formula is C41H31FO3P2. The molecule has 0 aliphatic carbocycles. The Morgan fingerprint density at radius 1 is 0.553 bits per heavy atom. The topological polar surface area (TPSA) is 43.4 Å². The fourth-order valence-electron chi connectivity index (χ4n) is 6.04. The number of benzene rings is 6. The highest BCUT2D eigenvalue weighted by Crippen LogP contribution is 2.72. The molecule has 1 aliphatic rings. The zero-order chi connectivity index (χ0) is 32.4. The molecule has 0 spiro atoms. The van der Waals surface area contributed by atoms with Gasteiger partial charge >= 0.3 is 0 Å². The molecule has 6 aromatic rings. The van der Waals surface area contributed by atoms with Crippen LogP contribution in [0.3, 0.4) is 0 Å². The van der Waals surface area contributed by atoms with E-state index >= 15 is 13.5 Å². The third kappa shape index (κ3) is 5.55. The van der Waals surface area contributed by atoms with E-state index in [1.54, 1.807) is 54.6 Å². The largest absolute Gasteiger partial charge is 0.455 e. The van der Waals surface area contributed by atoms with Crippen LogP contribution in [0.1, 0.15) is 22.3 Å². The number of fused-ring (bicyclic) bond motifs is 1. The fourth-order valence-corrected chi connectivity index (χ4v) is 13.9. The second-order valence-electron chi connectivity index (χ2n) is 11.4. The van der Waals surface area contributed by atoms with E-state index in [9.17, 15) is 0 Å². The smallest absolute Gasteiger partial charge is 0.178 e. The van der Waals surface area contributed by atoms with E-state index in [0.29, 0.717) is 38.1 Å². The van der Waals surface area contributed by atoms with Crippen LogP contribution < -0.4 is 21.2 Å². The van der Waals surface area contributed by atoms with E-state index in [1.165, 1.54) is 12.1 Å². The normalized spacial score (nSPS) is 12.9. The van der Waals surface area contributed by atoms with Crippen LogP contribution >= 0.6 is 14.3 Å². The van der Waals surface area contributed by atoms with E-state index in [1.807, 2.05) is 110 Å². The van der Waals surface area contributed by atoms with Gasteiger partial charge in [-0.2, -0.15) is 0 Å². The number of aryl methyl sites for hydroxylation is 1. The number of hydrogen-bond donors (Lipinski definition) is 0. The average Bonchev–Trinajstić information content (AvgIpc) is 3.13. The van der Waals surface area contributed by atoms with Gasteiger partial charge in [0.25, 0.3) is 0 Å². The standard InChI is InChI=1S/C41H31FO3P2/c1-30-22-24-31(25-23-30)39-28-32-26-27-33(42)29-38(32)40(45-39)41(46(43,34-14-6-2-7-15-34)35-16-8-3-9-17-35)47(44,36-18-10-4-11-19-36)37-20-12-5-13-21-37/h2-29H,1H3. The Bertz CT molecular complexity index is 2030. The van der Waals surface area contributed by atoms with Crippen molar-refractivity contribution in [1.29, 1.82) is 0 Å². The molecule has 0 unspecified atom stereocenters. The van der Waals surface area contributed by atoms with Gasteiger partial charge in [0.15, 0.2) is 20.0 Å². The summed E-state index contributed by atoms with van der Waals surface area (Å²) in [5.41, 5.74) is 2.92. The number of ether oxygens (including phenoxy) is 1. The lowest BCUT2D eigenvalue weighted by Gasteiger charge is -2.33. The van der Waals surface area contributed by atoms with E-state index in [2.05, 4.69) is 0 Å². The van der Waals surface area contributed by atoms with Gasteiger partial charge in [0.1, 0.15) is 16.6 Å². The Balaban J connectivity index is 1.69. The molecule has 0 saturated heterocycles. The molecule has 7 rings (SSSR count). The quantitative estimate of drug-likeness (QED) is 0.162. The van der Waals surface area contributed by atoms with Crippen LogP contribution in [0.5, 0.6) is 0 Å². The van der Waals surface area contributed by atoms with Gasteiger partial charge in [0, 0.05) is 32.3 Å². The first-order chi connectivity index (χ1) is 22.9. The Hall–Kier alpha value is -5.01. The molecule has 0 atom stereocenters. The van der Waals surface area contributed by atoms with Gasteiger partial charge in [0.05, 0.1) is 0 Å². The van der Waals surface area contributed by atoms with Crippen molar-refractivity contribution in [3.05, 3.63) is 197 Å². The van der Waals surface area contributed by atoms with Crippen LogP contribution in [-0.4, -0.2) is 0 Å². The fraction of sp³-hybridized carbons (Fsp3) is 0.0244. The van der Waals surface area contributed by atoms with Gasteiger partial charge in [-0.05, 0) is 30.7 Å². The predicted molar refractivity (Wildman–Crippen MR) is 193 cm³/mol. The van der Waals surface area contributed by atoms with Crippen molar-refractivity contribution in [2.75, 3.05) is 0 Å². The van der Waals surface area contributed by atoms with E-state index in [0.717, 1.165) is 11.1 Å². The predicted octanol–water partition coefficient (Wildman–Crippen LogP) is 9.32. The Morgan fingerprint density at radius 2 is 0.979 bits per heavy atom. The minimum absolute atomic E-state index is 0.129. The van der Waals surface area contributed by atoms with E-state index < -0.39 is 20.1 Å². The number of rotatable bonds is 7. The van der Waals surface area contributed by atoms with Gasteiger partial charge in [-0.1, -0.05) is 157 Å². The van der Waals surface area contributed by atoms with Crippen LogP contribution in [-0.2, 0) is 13.9 Å². The molecule has 47 heavy (non-hydrogen) atoms. The summed E-state index contributed by atoms with van der Waals surface area (Å²) >= 11 is 0. The summed E-state index contributed by atoms with van der Waals surface area (Å²) in [6.45, 7) is 2.01. The lowest BCUT2D eigenvalue weighted by Crippen LogP contribution is -2.25. The second-order valence-corrected chi connectivity index (χ2v) is 17.2. The highest BCUT2D eigenvalue weighted by molar-refractivity contribution is 8.00. The first-order valence-electron chi connectivity index (χ1n) is 15.3. The van der Waals surface area contributed by atoms with Gasteiger partial charge in [-0.15, -0.1) is 0 Å². The highest BCUT2D eigenvalue weighted by atomic mass is 31.2. The van der Waals surface area contributed by atoms with Crippen molar-refractivity contribution in [2.45, 2.75) is 6.92 Å². The van der Waals surface area contributed by atoms with Crippen LogP contribution in [0.25, 0.3) is 17.6 Å². The van der Waals surface area contributed by atoms with Gasteiger partial charge in [0.2, 0.25) is 0 Å². The van der Waals surface area contributed by atoms with Crippen molar-refractivity contribution in [1.82, 2.24) is 0 Å². The summed E-state index contributed by atoms with van der Waals surface area (Å²) < 4.78 is 55.2. The first-order valence-corrected chi connectivity index (χ1v) is 18.7. The molecular weight excluding hydrogens is 621 g/mol. The lowest BCUT2D eigenvalue weighted by atomic mass is 10.0. The van der Waals surface area contributed by atoms with Crippen molar-refractivity contribution in [3.63, 3.8) is 0 Å². The number of halogens is 1. The monoisotopic (exact) mass is 652 g/mol. The molecule has 6 heteroatoms. The van der Waals surface area contributed by atoms with Crippen molar-refractivity contribution >= 4 is 53.1 Å². The zero-order valence-corrected chi connectivity index (χ0v) is 27.5. The average molecular weight is 653 g/mol. The zero-order valence-electron chi connectivity index (χ0n) is 25.7. The van der Waals surface area contributed by atoms with Gasteiger partial charge < -0.3 is 13.9 Å². The third-order valence-corrected chi connectivity index (χ3v) is 15.8. The van der Waals surface area contributed by atoms with Gasteiger partial charge in [-0.25, -0.2) is 4.39 Å². The van der Waals surface area contributed by atoms with Crippen LogP contribution in [0, 0.1) is 12.7 Å². The summed E-state index contributed by atoms with van der Waals surface area (Å²) in [5.74, 6) is 0.126. The minimum atomic E-state index is -4.01. The van der Waals surface area contributed by atoms with E-state index in [-0.39, 0.29) is 10.8 Å². The molecule has 0 bridgehead atoms. The molecule has 0 fully saturated rings. The lowest BCUT2D eigenvalue weighted by molar-refractivity contribution is 0.468. The summed E-state index contributed by atoms with van der Waals surface area (Å²) in [6, 6.07) is 48.9. The summed E-state index contributed by atoms with van der Waals surface area (Å²) in [7, 11) is -8.02. The van der Waals surface area contributed by atoms with Crippen molar-refractivity contribution in [3.8, 4) is 0 Å². The maximum Gasteiger partial charge on any atom is 0.178 e. The van der Waals surface area contributed by atoms with Crippen LogP contribution in [0.15, 0.2) is 169 Å². The molecule has 1 aliphatic heterocycles. The molecule has 6 aromatic carbocycles. The first kappa shape index (κ1) is 30.6. The highest BCUT2D eigenvalue weighted by Gasteiger charge is 2.49. The summed E-state index contributed by atoms with van der Waals surface area (Å²) in [5, 5.41) is 2.11. The summed E-state index contributed by atoms with van der Waals surface area (Å²) in [6.07, 6.45) is 1.85. The van der Waals surface area contributed by atoms with Crippen molar-refractivity contribution in [2.24, 2.45) is 0 Å². The molecule has 230 valence electrons. The Kier molecular flexibility index (Phi) is 8.24. The molecule has 3 nitrogen and oxygen atoms in total. The van der Waals surface area contributed by atoms with Crippen molar-refractivity contribution < 1.29 is 18.3 Å². The molecule has 0 radical (unpaired) electrons. The SMILES string of the molecule is Cc1ccc(C2=Cc3ccc(F)cc3C(=C(P(=O)(c3ccccc3)c3ccccc3)P(=O)(c3ccccc3)c3ccccc3)O2)cc1. The third-order valence-electron chi connectivity index (χ3n) is 8.37. The van der Waals surface area contributed by atoms with E-state index in [4.69, 9.17) is 4.74 Å². The van der Waals surface area contributed by atoms with Gasteiger partial charge in [-0.3, -0.25) is 0 Å². The maximum absolute atomic E-state index is 16.6. The maximum atomic E-state index is 16.6. The molecule has 0 aromatic heterocycles. The minimum Gasteiger partial charge on any atom is -0.455 e. The second kappa shape index (κ2) is 12.6.